The molecule has 0 radical (unpaired) electrons. The third kappa shape index (κ3) is 1.95. The van der Waals surface area contributed by atoms with Crippen molar-refractivity contribution in [3.05, 3.63) is 30.9 Å². The van der Waals surface area contributed by atoms with Gasteiger partial charge in [-0.25, -0.2) is 13.9 Å². The van der Waals surface area contributed by atoms with E-state index in [0.717, 1.165) is 0 Å². The zero-order valence-corrected chi connectivity index (χ0v) is 6.90. The lowest BCUT2D eigenvalue weighted by atomic mass is 10.3. The maximum absolute atomic E-state index is 10.4. The fourth-order valence-corrected chi connectivity index (χ4v) is 0.883. The van der Waals surface area contributed by atoms with Crippen LogP contribution in [0, 0.1) is 0 Å². The van der Waals surface area contributed by atoms with Crippen molar-refractivity contribution in [1.29, 1.82) is 0 Å². The summed E-state index contributed by atoms with van der Waals surface area (Å²) in [7, 11) is 1.88. The van der Waals surface area contributed by atoms with Crippen LogP contribution in [0.4, 0.5) is 0 Å². The van der Waals surface area contributed by atoms with Crippen LogP contribution in [-0.2, 0) is 18.4 Å². The van der Waals surface area contributed by atoms with Crippen LogP contribution in [0.1, 0.15) is 0 Å². The van der Waals surface area contributed by atoms with Gasteiger partial charge in [0.25, 0.3) is 0 Å². The predicted octanol–water partition coefficient (Wildman–Crippen LogP) is -0.0466. The van der Waals surface area contributed by atoms with E-state index in [9.17, 15) is 4.79 Å². The van der Waals surface area contributed by atoms with Gasteiger partial charge < -0.3 is 5.11 Å². The molecule has 0 amide bonds. The molecular weight excluding hydrogens is 156 g/mol. The molecule has 0 aliphatic rings. The van der Waals surface area contributed by atoms with Crippen LogP contribution in [0.5, 0.6) is 0 Å². The normalized spacial score (nSPS) is 9.75. The molecule has 0 saturated heterocycles. The zero-order valence-electron chi connectivity index (χ0n) is 6.90. The van der Waals surface area contributed by atoms with Crippen molar-refractivity contribution >= 4 is 5.97 Å². The molecule has 1 heterocycles. The summed E-state index contributed by atoms with van der Waals surface area (Å²) in [6, 6.07) is 0. The molecule has 1 aromatic heterocycles. The average Bonchev–Trinajstić information content (AvgIpc) is 2.35. The minimum atomic E-state index is -0.952. The highest BCUT2D eigenvalue weighted by Gasteiger charge is 2.08. The van der Waals surface area contributed by atoms with E-state index in [1.807, 2.05) is 17.8 Å². The number of rotatable bonds is 3. The molecule has 0 atom stereocenters. The van der Waals surface area contributed by atoms with Crippen molar-refractivity contribution in [2.75, 3.05) is 0 Å². The van der Waals surface area contributed by atoms with Crippen molar-refractivity contribution in [2.24, 2.45) is 7.05 Å². The van der Waals surface area contributed by atoms with Crippen molar-refractivity contribution in [3.63, 3.8) is 0 Å². The topological polar surface area (TPSA) is 46.1 Å². The number of aliphatic carboxylic acids is 1. The quantitative estimate of drug-likeness (QED) is 0.507. The van der Waals surface area contributed by atoms with Gasteiger partial charge in [-0.1, -0.05) is 6.58 Å². The van der Waals surface area contributed by atoms with E-state index in [0.29, 0.717) is 6.54 Å². The fraction of sp³-hybridized carbons (Fsp3) is 0.250. The first kappa shape index (κ1) is 8.52. The molecule has 0 unspecified atom stereocenters. The average molecular weight is 167 g/mol. The molecule has 0 aliphatic carbocycles. The van der Waals surface area contributed by atoms with E-state index in [1.54, 1.807) is 17.1 Å². The number of imidazole rings is 1. The summed E-state index contributed by atoms with van der Waals surface area (Å²) in [6.45, 7) is 3.76. The Balaban J connectivity index is 2.64. The molecule has 4 nitrogen and oxygen atoms in total. The molecule has 0 bridgehead atoms. The van der Waals surface area contributed by atoms with E-state index < -0.39 is 5.97 Å². The molecule has 0 aromatic carbocycles. The Hall–Kier alpha value is -1.58. The lowest BCUT2D eigenvalue weighted by Crippen LogP contribution is -2.24. The Kier molecular flexibility index (Phi) is 2.28. The molecule has 4 heteroatoms. The molecule has 1 N–H and O–H groups in total. The minimum absolute atomic E-state index is 0.186. The SMILES string of the molecule is C=C(Cn1cc[n+](C)c1)C(=O)O. The molecular formula is C8H11N2O2+. The van der Waals surface area contributed by atoms with Gasteiger partial charge in [0, 0.05) is 0 Å². The number of aryl methyl sites for hydroxylation is 1. The monoisotopic (exact) mass is 167 g/mol. The Bertz CT molecular complexity index is 315. The number of aromatic nitrogens is 2. The Morgan fingerprint density at radius 2 is 2.42 bits per heavy atom. The van der Waals surface area contributed by atoms with Crippen LogP contribution in [-0.4, -0.2) is 15.6 Å². The molecule has 1 rings (SSSR count). The molecule has 0 saturated carbocycles. The van der Waals surface area contributed by atoms with E-state index in [1.165, 1.54) is 0 Å². The second kappa shape index (κ2) is 3.21. The smallest absolute Gasteiger partial charge is 0.334 e. The lowest BCUT2D eigenvalue weighted by Gasteiger charge is -1.94. The maximum atomic E-state index is 10.4. The van der Waals surface area contributed by atoms with Crippen molar-refractivity contribution in [3.8, 4) is 0 Å². The second-order valence-electron chi connectivity index (χ2n) is 2.66. The van der Waals surface area contributed by atoms with Crippen molar-refractivity contribution in [1.82, 2.24) is 4.57 Å². The lowest BCUT2D eigenvalue weighted by molar-refractivity contribution is -0.671. The molecule has 0 spiro atoms. The standard InChI is InChI=1S/C8H10N2O2/c1-7(8(11)12)5-10-4-3-9(2)6-10/h3-4,6H,1,5H2,2H3/p+1. The van der Waals surface area contributed by atoms with Crippen LogP contribution < -0.4 is 4.57 Å². The van der Waals surface area contributed by atoms with Gasteiger partial charge >= 0.3 is 5.97 Å². The number of carboxylic acid groups (broad SMARTS) is 1. The summed E-state index contributed by atoms with van der Waals surface area (Å²) in [4.78, 5) is 10.4. The van der Waals surface area contributed by atoms with Gasteiger partial charge in [0.1, 0.15) is 18.9 Å². The molecule has 64 valence electrons. The summed E-state index contributed by atoms with van der Waals surface area (Å²) < 4.78 is 3.60. The van der Waals surface area contributed by atoms with Gasteiger partial charge in [0.05, 0.1) is 12.6 Å². The van der Waals surface area contributed by atoms with E-state index in [4.69, 9.17) is 5.11 Å². The highest BCUT2D eigenvalue weighted by molar-refractivity contribution is 5.85. The van der Waals surface area contributed by atoms with E-state index >= 15 is 0 Å². The van der Waals surface area contributed by atoms with Crippen LogP contribution in [0.2, 0.25) is 0 Å². The van der Waals surface area contributed by atoms with E-state index in [-0.39, 0.29) is 5.57 Å². The highest BCUT2D eigenvalue weighted by atomic mass is 16.4. The number of hydrogen-bond acceptors (Lipinski definition) is 1. The van der Waals surface area contributed by atoms with Gasteiger partial charge in [-0.2, -0.15) is 0 Å². The largest absolute Gasteiger partial charge is 0.478 e. The summed E-state index contributed by atoms with van der Waals surface area (Å²) in [6.07, 6.45) is 5.44. The van der Waals surface area contributed by atoms with Crippen LogP contribution in [0.3, 0.4) is 0 Å². The minimum Gasteiger partial charge on any atom is -0.478 e. The molecule has 0 fully saturated rings. The maximum Gasteiger partial charge on any atom is 0.334 e. The van der Waals surface area contributed by atoms with Crippen LogP contribution in [0.15, 0.2) is 30.9 Å². The summed E-state index contributed by atoms with van der Waals surface area (Å²) in [5.74, 6) is -0.952. The number of carbonyl (C=O) groups is 1. The number of hydrogen-bond donors (Lipinski definition) is 1. The van der Waals surface area contributed by atoms with Gasteiger partial charge in [0.15, 0.2) is 0 Å². The molecule has 1 aromatic rings. The van der Waals surface area contributed by atoms with Crippen LogP contribution >= 0.6 is 0 Å². The Labute approximate surface area is 70.4 Å². The van der Waals surface area contributed by atoms with E-state index in [2.05, 4.69) is 6.58 Å². The first-order chi connectivity index (χ1) is 5.59. The summed E-state index contributed by atoms with van der Waals surface area (Å²) >= 11 is 0. The summed E-state index contributed by atoms with van der Waals surface area (Å²) in [5.41, 5.74) is 0.186. The van der Waals surface area contributed by atoms with Gasteiger partial charge in [-0.15, -0.1) is 0 Å². The first-order valence-corrected chi connectivity index (χ1v) is 3.51. The predicted molar refractivity (Wildman–Crippen MR) is 42.4 cm³/mol. The Morgan fingerprint density at radius 3 is 2.83 bits per heavy atom. The molecule has 12 heavy (non-hydrogen) atoms. The third-order valence-electron chi connectivity index (χ3n) is 1.50. The summed E-state index contributed by atoms with van der Waals surface area (Å²) in [5, 5.41) is 8.53. The van der Waals surface area contributed by atoms with Gasteiger partial charge in [-0.3, -0.25) is 0 Å². The van der Waals surface area contributed by atoms with Gasteiger partial charge in [0.2, 0.25) is 6.33 Å². The Morgan fingerprint density at radius 1 is 1.75 bits per heavy atom. The van der Waals surface area contributed by atoms with Crippen LogP contribution in [0.25, 0.3) is 0 Å². The third-order valence-corrected chi connectivity index (χ3v) is 1.50. The fourth-order valence-electron chi connectivity index (χ4n) is 0.883. The zero-order chi connectivity index (χ0) is 9.14. The van der Waals surface area contributed by atoms with Crippen molar-refractivity contribution in [2.45, 2.75) is 6.54 Å². The number of nitrogens with zero attached hydrogens (tertiary/aromatic N) is 2. The van der Waals surface area contributed by atoms with Crippen molar-refractivity contribution < 1.29 is 14.5 Å². The highest BCUT2D eigenvalue weighted by Crippen LogP contribution is 1.95. The molecule has 0 aliphatic heterocycles. The number of carboxylic acids is 1. The van der Waals surface area contributed by atoms with Gasteiger partial charge in [-0.05, 0) is 0 Å². The second-order valence-corrected chi connectivity index (χ2v) is 2.66. The first-order valence-electron chi connectivity index (χ1n) is 3.51.